The van der Waals surface area contributed by atoms with Gasteiger partial charge in [-0.2, -0.15) is 0 Å². The third-order valence-electron chi connectivity index (χ3n) is 6.16. The number of likely N-dealkylation sites (N-methyl/N-ethyl adjacent to an activating group) is 1. The van der Waals surface area contributed by atoms with E-state index < -0.39 is 12.2 Å². The topological polar surface area (TPSA) is 70.0 Å². The first-order valence-corrected chi connectivity index (χ1v) is 7.94. The molecule has 1 spiro atoms. The molecule has 0 amide bonds. The van der Waals surface area contributed by atoms with Gasteiger partial charge >= 0.3 is 0 Å². The number of ether oxygens (including phenoxy) is 1. The first-order chi connectivity index (χ1) is 11.1. The standard InChI is InChI=1S/C18H17NO4/c1-19-7-6-18-11-3-5-13(22)17(18)23-16-12(21)4-2-9(14(16)18)10(8-20)15(11)19/h2-5,11,13,15,17,21-22H,6-7H2,1H3/t11-,13-,15+,17-,18-/m0/s1. The number of likely N-dealkylation sites (tertiary alicyclic amines) is 1. The van der Waals surface area contributed by atoms with Crippen LogP contribution in [0.25, 0.3) is 5.57 Å². The molecule has 2 heterocycles. The van der Waals surface area contributed by atoms with Gasteiger partial charge in [-0.15, -0.1) is 0 Å². The van der Waals surface area contributed by atoms with Crippen LogP contribution in [-0.4, -0.2) is 52.9 Å². The van der Waals surface area contributed by atoms with Crippen molar-refractivity contribution in [3.8, 4) is 11.5 Å². The van der Waals surface area contributed by atoms with Crippen LogP contribution in [0.3, 0.4) is 0 Å². The number of rotatable bonds is 0. The summed E-state index contributed by atoms with van der Waals surface area (Å²) in [5.41, 5.74) is 1.94. The van der Waals surface area contributed by atoms with Gasteiger partial charge in [0.2, 0.25) is 0 Å². The van der Waals surface area contributed by atoms with Crippen molar-refractivity contribution in [1.82, 2.24) is 4.90 Å². The summed E-state index contributed by atoms with van der Waals surface area (Å²) in [6.07, 6.45) is 3.48. The van der Waals surface area contributed by atoms with E-state index in [1.54, 1.807) is 18.2 Å². The number of aromatic hydroxyl groups is 1. The summed E-state index contributed by atoms with van der Waals surface area (Å²) in [4.78, 5) is 13.9. The maximum Gasteiger partial charge on any atom is 0.166 e. The van der Waals surface area contributed by atoms with E-state index >= 15 is 0 Å². The zero-order chi connectivity index (χ0) is 15.9. The zero-order valence-corrected chi connectivity index (χ0v) is 12.7. The smallest absolute Gasteiger partial charge is 0.166 e. The molecule has 2 N–H and O–H groups in total. The van der Waals surface area contributed by atoms with Crippen LogP contribution in [0.5, 0.6) is 11.5 Å². The number of hydrogen-bond donors (Lipinski definition) is 2. The Labute approximate surface area is 133 Å². The Morgan fingerprint density at radius 1 is 1.39 bits per heavy atom. The third kappa shape index (κ3) is 1.31. The van der Waals surface area contributed by atoms with E-state index in [4.69, 9.17) is 4.74 Å². The number of aliphatic hydroxyl groups is 1. The van der Waals surface area contributed by atoms with Gasteiger partial charge in [-0.25, -0.2) is 4.79 Å². The van der Waals surface area contributed by atoms with Crippen molar-refractivity contribution in [3.63, 3.8) is 0 Å². The van der Waals surface area contributed by atoms with Gasteiger partial charge in [0.1, 0.15) is 18.1 Å². The lowest BCUT2D eigenvalue weighted by Gasteiger charge is -2.56. The second kappa shape index (κ2) is 4.06. The van der Waals surface area contributed by atoms with Gasteiger partial charge in [-0.3, -0.25) is 4.90 Å². The minimum Gasteiger partial charge on any atom is -0.504 e. The molecule has 1 fully saturated rings. The lowest BCUT2D eigenvalue weighted by Crippen LogP contribution is -2.64. The highest BCUT2D eigenvalue weighted by atomic mass is 16.5. The van der Waals surface area contributed by atoms with Crippen LogP contribution in [0.15, 0.2) is 24.3 Å². The van der Waals surface area contributed by atoms with Gasteiger partial charge in [0.25, 0.3) is 0 Å². The second-order valence-electron chi connectivity index (χ2n) is 7.01. The van der Waals surface area contributed by atoms with Crippen molar-refractivity contribution in [2.75, 3.05) is 13.6 Å². The SMILES string of the molecule is CN1CC[C@]23c4c5ccc(O)c4O[C@H]2[C@@H](O)C=C[C@H]3[C@H]1C5=C=O. The Kier molecular flexibility index (Phi) is 2.36. The first-order valence-electron chi connectivity index (χ1n) is 7.94. The minimum absolute atomic E-state index is 0.0432. The molecule has 0 aromatic heterocycles. The molecule has 1 aromatic rings. The molecule has 5 heteroatoms. The molecule has 118 valence electrons. The van der Waals surface area contributed by atoms with E-state index in [1.165, 1.54) is 0 Å². The fourth-order valence-corrected chi connectivity index (χ4v) is 5.26. The van der Waals surface area contributed by atoms with Gasteiger partial charge in [-0.1, -0.05) is 12.2 Å². The molecule has 5 rings (SSSR count). The Balaban J connectivity index is 1.92. The van der Waals surface area contributed by atoms with Crippen molar-refractivity contribution in [1.29, 1.82) is 0 Å². The lowest BCUT2D eigenvalue weighted by molar-refractivity contribution is -0.0324. The average Bonchev–Trinajstić information content (AvgIpc) is 2.90. The zero-order valence-electron chi connectivity index (χ0n) is 12.7. The molecule has 1 aromatic carbocycles. The van der Waals surface area contributed by atoms with Crippen molar-refractivity contribution in [3.05, 3.63) is 35.4 Å². The molecule has 5 nitrogen and oxygen atoms in total. The molecule has 2 aliphatic carbocycles. The Morgan fingerprint density at radius 3 is 3.00 bits per heavy atom. The second-order valence-corrected chi connectivity index (χ2v) is 7.01. The molecular formula is C18H17NO4. The monoisotopic (exact) mass is 311 g/mol. The van der Waals surface area contributed by atoms with Gasteiger partial charge in [-0.05, 0) is 37.7 Å². The third-order valence-corrected chi connectivity index (χ3v) is 6.16. The summed E-state index contributed by atoms with van der Waals surface area (Å²) in [5.74, 6) is 2.68. The fourth-order valence-electron chi connectivity index (χ4n) is 5.26. The number of phenols is 1. The highest BCUT2D eigenvalue weighted by Crippen LogP contribution is 2.64. The Bertz CT molecular complexity index is 809. The highest BCUT2D eigenvalue weighted by Gasteiger charge is 2.65. The van der Waals surface area contributed by atoms with E-state index in [-0.39, 0.29) is 23.1 Å². The van der Waals surface area contributed by atoms with Crippen LogP contribution in [0.1, 0.15) is 17.5 Å². The van der Waals surface area contributed by atoms with Crippen molar-refractivity contribution in [2.24, 2.45) is 5.92 Å². The van der Waals surface area contributed by atoms with E-state index in [1.807, 2.05) is 13.1 Å². The maximum absolute atomic E-state index is 11.7. The largest absolute Gasteiger partial charge is 0.504 e. The van der Waals surface area contributed by atoms with Crippen LogP contribution in [-0.2, 0) is 10.2 Å². The summed E-state index contributed by atoms with van der Waals surface area (Å²) in [6, 6.07) is 3.28. The molecular weight excluding hydrogens is 294 g/mol. The highest BCUT2D eigenvalue weighted by molar-refractivity contribution is 5.95. The Hall–Kier alpha value is -2.07. The van der Waals surface area contributed by atoms with Crippen LogP contribution in [0.4, 0.5) is 0 Å². The van der Waals surface area contributed by atoms with Crippen LogP contribution < -0.4 is 4.74 Å². The molecule has 0 unspecified atom stereocenters. The van der Waals surface area contributed by atoms with Crippen molar-refractivity contribution in [2.45, 2.75) is 30.1 Å². The van der Waals surface area contributed by atoms with E-state index in [9.17, 15) is 15.0 Å². The molecule has 2 aliphatic heterocycles. The van der Waals surface area contributed by atoms with Crippen molar-refractivity contribution < 1.29 is 19.7 Å². The predicted octanol–water partition coefficient (Wildman–Crippen LogP) is 0.871. The van der Waals surface area contributed by atoms with Crippen LogP contribution in [0.2, 0.25) is 0 Å². The molecule has 1 saturated heterocycles. The molecule has 4 aliphatic rings. The predicted molar refractivity (Wildman–Crippen MR) is 83.0 cm³/mol. The molecule has 5 atom stereocenters. The summed E-state index contributed by atoms with van der Waals surface area (Å²) in [6.45, 7) is 0.807. The number of hydrogen-bond acceptors (Lipinski definition) is 5. The van der Waals surface area contributed by atoms with Gasteiger partial charge in [0.15, 0.2) is 11.5 Å². The van der Waals surface area contributed by atoms with Gasteiger partial charge in [0, 0.05) is 16.9 Å². The number of phenolic OH excluding ortho intramolecular Hbond substituents is 1. The first kappa shape index (κ1) is 13.4. The quantitative estimate of drug-likeness (QED) is 0.550. The molecule has 23 heavy (non-hydrogen) atoms. The van der Waals surface area contributed by atoms with E-state index in [2.05, 4.69) is 10.8 Å². The summed E-state index contributed by atoms with van der Waals surface area (Å²) in [7, 11) is 2.02. The van der Waals surface area contributed by atoms with Crippen molar-refractivity contribution >= 4 is 11.5 Å². The summed E-state index contributed by atoms with van der Waals surface area (Å²) < 4.78 is 6.04. The number of benzene rings is 1. The number of carbonyl (C=O) groups excluding carboxylic acids is 1. The number of aliphatic hydroxyl groups excluding tert-OH is 1. The average molecular weight is 311 g/mol. The number of nitrogens with zero attached hydrogens (tertiary/aromatic N) is 1. The fraction of sp³-hybridized carbons (Fsp3) is 0.444. The van der Waals surface area contributed by atoms with E-state index in [0.29, 0.717) is 11.3 Å². The number of piperidine rings is 1. The lowest BCUT2D eigenvalue weighted by atomic mass is 9.52. The Morgan fingerprint density at radius 2 is 2.22 bits per heavy atom. The van der Waals surface area contributed by atoms with Gasteiger partial charge in [0.05, 0.1) is 11.6 Å². The van der Waals surface area contributed by atoms with Crippen LogP contribution in [0, 0.1) is 5.92 Å². The molecule has 2 bridgehead atoms. The van der Waals surface area contributed by atoms with Crippen LogP contribution >= 0.6 is 0 Å². The molecule has 0 radical (unpaired) electrons. The van der Waals surface area contributed by atoms with Gasteiger partial charge < -0.3 is 14.9 Å². The normalized spacial score (nSPS) is 39.7. The van der Waals surface area contributed by atoms with E-state index in [0.717, 1.165) is 24.1 Å². The summed E-state index contributed by atoms with van der Waals surface area (Å²) >= 11 is 0. The molecule has 0 saturated carbocycles. The summed E-state index contributed by atoms with van der Waals surface area (Å²) in [5, 5.41) is 20.7. The minimum atomic E-state index is -0.711. The maximum atomic E-state index is 11.7.